The standard InChI is InChI=1S/C22H27N3O/c1-15(2)20-18-14-25(12-10-19(18)23-24-20)21(26)17-8-6-7-16(13-17)9-11-22(3,4)5/h6-8,13,15H,10,12,14H2,1-5H3,(H,23,24). The zero-order valence-electron chi connectivity index (χ0n) is 16.3. The average Bonchev–Trinajstić information content (AvgIpc) is 3.02. The Hall–Kier alpha value is -2.54. The zero-order chi connectivity index (χ0) is 18.9. The highest BCUT2D eigenvalue weighted by Crippen LogP contribution is 2.26. The molecule has 0 radical (unpaired) electrons. The van der Waals surface area contributed by atoms with Crippen molar-refractivity contribution in [2.75, 3.05) is 6.54 Å². The van der Waals surface area contributed by atoms with Gasteiger partial charge in [0, 0.05) is 47.3 Å². The van der Waals surface area contributed by atoms with Crippen molar-refractivity contribution in [1.29, 1.82) is 0 Å². The molecular weight excluding hydrogens is 322 g/mol. The predicted octanol–water partition coefficient (Wildman–Crippen LogP) is 4.13. The number of rotatable bonds is 2. The van der Waals surface area contributed by atoms with Gasteiger partial charge in [-0.3, -0.25) is 9.89 Å². The van der Waals surface area contributed by atoms with E-state index in [0.29, 0.717) is 24.6 Å². The molecule has 4 heteroatoms. The van der Waals surface area contributed by atoms with E-state index in [2.05, 4.69) is 56.7 Å². The number of hydrogen-bond acceptors (Lipinski definition) is 2. The third-order valence-corrected chi connectivity index (χ3v) is 4.49. The number of aromatic amines is 1. The Morgan fingerprint density at radius 3 is 2.77 bits per heavy atom. The van der Waals surface area contributed by atoms with Crippen LogP contribution >= 0.6 is 0 Å². The third-order valence-electron chi connectivity index (χ3n) is 4.49. The number of nitrogens with zero attached hydrogens (tertiary/aromatic N) is 2. The molecule has 2 aromatic rings. The number of carbonyl (C=O) groups excluding carboxylic acids is 1. The second-order valence-electron chi connectivity index (χ2n) is 8.28. The quantitative estimate of drug-likeness (QED) is 0.829. The molecule has 26 heavy (non-hydrogen) atoms. The van der Waals surface area contributed by atoms with Crippen molar-refractivity contribution >= 4 is 5.91 Å². The lowest BCUT2D eigenvalue weighted by Crippen LogP contribution is -2.36. The van der Waals surface area contributed by atoms with E-state index in [0.717, 1.165) is 17.7 Å². The Morgan fingerprint density at radius 1 is 1.31 bits per heavy atom. The van der Waals surface area contributed by atoms with E-state index >= 15 is 0 Å². The van der Waals surface area contributed by atoms with Gasteiger partial charge in [-0.05, 0) is 44.9 Å². The molecule has 0 atom stereocenters. The molecule has 0 fully saturated rings. The van der Waals surface area contributed by atoms with Crippen LogP contribution in [0.3, 0.4) is 0 Å². The number of aromatic nitrogens is 2. The summed E-state index contributed by atoms with van der Waals surface area (Å²) in [5.41, 5.74) is 4.95. The molecule has 0 spiro atoms. The number of nitrogens with one attached hydrogen (secondary N) is 1. The van der Waals surface area contributed by atoms with Gasteiger partial charge >= 0.3 is 0 Å². The monoisotopic (exact) mass is 349 g/mol. The number of fused-ring (bicyclic) bond motifs is 1. The Morgan fingerprint density at radius 2 is 2.08 bits per heavy atom. The Kier molecular flexibility index (Phi) is 4.91. The van der Waals surface area contributed by atoms with Crippen LogP contribution in [0.1, 0.15) is 73.4 Å². The largest absolute Gasteiger partial charge is 0.334 e. The molecule has 1 amide bonds. The molecule has 0 saturated carbocycles. The first-order chi connectivity index (χ1) is 12.2. The van der Waals surface area contributed by atoms with E-state index < -0.39 is 0 Å². The van der Waals surface area contributed by atoms with Gasteiger partial charge in [0.15, 0.2) is 0 Å². The molecule has 3 rings (SSSR count). The molecule has 4 nitrogen and oxygen atoms in total. The summed E-state index contributed by atoms with van der Waals surface area (Å²) in [5, 5.41) is 7.58. The number of H-pyrrole nitrogens is 1. The first kappa shape index (κ1) is 18.3. The van der Waals surface area contributed by atoms with Gasteiger partial charge in [0.25, 0.3) is 5.91 Å². The summed E-state index contributed by atoms with van der Waals surface area (Å²) in [4.78, 5) is 14.9. The Bertz CT molecular complexity index is 875. The van der Waals surface area contributed by atoms with E-state index in [9.17, 15) is 4.79 Å². The van der Waals surface area contributed by atoms with Crippen LogP contribution in [-0.2, 0) is 13.0 Å². The summed E-state index contributed by atoms with van der Waals surface area (Å²) in [5.74, 6) is 6.82. The van der Waals surface area contributed by atoms with Gasteiger partial charge in [-0.15, -0.1) is 0 Å². The minimum absolute atomic E-state index is 0.0577. The summed E-state index contributed by atoms with van der Waals surface area (Å²) < 4.78 is 0. The lowest BCUT2D eigenvalue weighted by molar-refractivity contribution is 0.0733. The molecule has 1 aliphatic heterocycles. The van der Waals surface area contributed by atoms with Gasteiger partial charge in [0.05, 0.1) is 5.69 Å². The fourth-order valence-corrected chi connectivity index (χ4v) is 3.14. The fourth-order valence-electron chi connectivity index (χ4n) is 3.14. The van der Waals surface area contributed by atoms with Crippen molar-refractivity contribution < 1.29 is 4.79 Å². The molecule has 0 unspecified atom stereocenters. The first-order valence-electron chi connectivity index (χ1n) is 9.23. The summed E-state index contributed by atoms with van der Waals surface area (Å²) in [6.45, 7) is 11.8. The van der Waals surface area contributed by atoms with E-state index in [1.54, 1.807) is 0 Å². The van der Waals surface area contributed by atoms with Gasteiger partial charge in [-0.25, -0.2) is 0 Å². The van der Waals surface area contributed by atoms with Crippen molar-refractivity contribution in [3.05, 3.63) is 52.3 Å². The lowest BCUT2D eigenvalue weighted by Gasteiger charge is -2.27. The van der Waals surface area contributed by atoms with Crippen LogP contribution < -0.4 is 0 Å². The zero-order valence-corrected chi connectivity index (χ0v) is 16.3. The predicted molar refractivity (Wildman–Crippen MR) is 104 cm³/mol. The molecule has 1 aromatic carbocycles. The number of amides is 1. The third kappa shape index (κ3) is 3.99. The molecule has 1 aromatic heterocycles. The van der Waals surface area contributed by atoms with Gasteiger partial charge < -0.3 is 4.90 Å². The fraction of sp³-hybridized carbons (Fsp3) is 0.455. The van der Waals surface area contributed by atoms with Gasteiger partial charge in [-0.2, -0.15) is 5.10 Å². The van der Waals surface area contributed by atoms with Crippen molar-refractivity contribution in [1.82, 2.24) is 15.1 Å². The van der Waals surface area contributed by atoms with Crippen LogP contribution in [0.4, 0.5) is 0 Å². The van der Waals surface area contributed by atoms with Crippen molar-refractivity contribution in [2.45, 2.75) is 53.5 Å². The highest BCUT2D eigenvalue weighted by molar-refractivity contribution is 5.94. The molecule has 1 aliphatic rings. The SMILES string of the molecule is CC(C)c1n[nH]c2c1CN(C(=O)c1cccc(C#CC(C)(C)C)c1)CC2. The first-order valence-corrected chi connectivity index (χ1v) is 9.23. The molecule has 136 valence electrons. The van der Waals surface area contributed by atoms with E-state index in [-0.39, 0.29) is 11.3 Å². The van der Waals surface area contributed by atoms with Crippen molar-refractivity contribution in [3.63, 3.8) is 0 Å². The van der Waals surface area contributed by atoms with Gasteiger partial charge in [0.2, 0.25) is 0 Å². The minimum Gasteiger partial charge on any atom is -0.334 e. The van der Waals surface area contributed by atoms with Crippen LogP contribution in [0.5, 0.6) is 0 Å². The number of benzene rings is 1. The summed E-state index contributed by atoms with van der Waals surface area (Å²) in [6.07, 6.45) is 0.824. The van der Waals surface area contributed by atoms with Gasteiger partial charge in [0.1, 0.15) is 0 Å². The molecule has 1 N–H and O–H groups in total. The normalized spacial score (nSPS) is 14.0. The van der Waals surface area contributed by atoms with E-state index in [4.69, 9.17) is 0 Å². The maximum absolute atomic E-state index is 13.0. The molecule has 2 heterocycles. The van der Waals surface area contributed by atoms with E-state index in [1.165, 1.54) is 11.3 Å². The van der Waals surface area contributed by atoms with Crippen molar-refractivity contribution in [3.8, 4) is 11.8 Å². The number of carbonyl (C=O) groups is 1. The van der Waals surface area contributed by atoms with Gasteiger partial charge in [-0.1, -0.05) is 31.8 Å². The highest BCUT2D eigenvalue weighted by atomic mass is 16.2. The summed E-state index contributed by atoms with van der Waals surface area (Å²) >= 11 is 0. The van der Waals surface area contributed by atoms with Crippen LogP contribution in [0.2, 0.25) is 0 Å². The smallest absolute Gasteiger partial charge is 0.254 e. The van der Waals surface area contributed by atoms with E-state index in [1.807, 2.05) is 29.2 Å². The minimum atomic E-state index is -0.0577. The topological polar surface area (TPSA) is 49.0 Å². The van der Waals surface area contributed by atoms with Crippen LogP contribution in [0.25, 0.3) is 0 Å². The summed E-state index contributed by atoms with van der Waals surface area (Å²) in [6, 6.07) is 7.64. The van der Waals surface area contributed by atoms with Crippen LogP contribution in [0, 0.1) is 17.3 Å². The average molecular weight is 349 g/mol. The maximum Gasteiger partial charge on any atom is 0.254 e. The van der Waals surface area contributed by atoms with Crippen molar-refractivity contribution in [2.24, 2.45) is 5.41 Å². The molecule has 0 saturated heterocycles. The highest BCUT2D eigenvalue weighted by Gasteiger charge is 2.26. The molecular formula is C22H27N3O. The molecule has 0 bridgehead atoms. The number of hydrogen-bond donors (Lipinski definition) is 1. The van der Waals surface area contributed by atoms with Crippen LogP contribution in [-0.4, -0.2) is 27.5 Å². The Labute approximate surface area is 156 Å². The summed E-state index contributed by atoms with van der Waals surface area (Å²) in [7, 11) is 0. The lowest BCUT2D eigenvalue weighted by atomic mass is 9.97. The second kappa shape index (κ2) is 6.99. The Balaban J connectivity index is 1.82. The molecule has 0 aliphatic carbocycles. The second-order valence-corrected chi connectivity index (χ2v) is 8.28. The maximum atomic E-state index is 13.0. The van der Waals surface area contributed by atoms with Crippen LogP contribution in [0.15, 0.2) is 24.3 Å².